The van der Waals surface area contributed by atoms with Crippen LogP contribution >= 0.6 is 0 Å². The number of nitrogens with two attached hydrogens (primary N) is 1. The van der Waals surface area contributed by atoms with Crippen molar-refractivity contribution in [2.24, 2.45) is 5.84 Å². The van der Waals surface area contributed by atoms with Gasteiger partial charge in [-0.2, -0.15) is 0 Å². The van der Waals surface area contributed by atoms with Crippen molar-refractivity contribution in [3.8, 4) is 0 Å². The molecule has 2 heteroatoms. The lowest BCUT2D eigenvalue weighted by molar-refractivity contribution is 0.439. The molecule has 2 nitrogen and oxygen atoms in total. The van der Waals surface area contributed by atoms with E-state index in [0.29, 0.717) is 0 Å². The molecule has 18 heavy (non-hydrogen) atoms. The van der Waals surface area contributed by atoms with E-state index in [1.165, 1.54) is 24.0 Å². The largest absolute Gasteiger partial charge is 0.271 e. The van der Waals surface area contributed by atoms with E-state index in [-0.39, 0.29) is 11.5 Å². The molecule has 0 spiro atoms. The molecule has 0 aromatic heterocycles. The number of rotatable bonds is 4. The maximum Gasteiger partial charge on any atom is 0.0556 e. The zero-order valence-electron chi connectivity index (χ0n) is 10.3. The summed E-state index contributed by atoms with van der Waals surface area (Å²) in [6.07, 6.45) is 2.39. The molecule has 0 aliphatic heterocycles. The van der Waals surface area contributed by atoms with Crippen LogP contribution in [0.5, 0.6) is 0 Å². The van der Waals surface area contributed by atoms with E-state index in [9.17, 15) is 0 Å². The highest BCUT2D eigenvalue weighted by molar-refractivity contribution is 5.38. The Hall–Kier alpha value is -1.64. The maximum atomic E-state index is 5.82. The molecule has 3 N–H and O–H groups in total. The van der Waals surface area contributed by atoms with Crippen molar-refractivity contribution in [1.82, 2.24) is 5.43 Å². The van der Waals surface area contributed by atoms with Crippen molar-refractivity contribution in [2.75, 3.05) is 0 Å². The van der Waals surface area contributed by atoms with Crippen LogP contribution in [-0.4, -0.2) is 0 Å². The highest BCUT2D eigenvalue weighted by Gasteiger charge is 2.50. The van der Waals surface area contributed by atoms with E-state index in [1.54, 1.807) is 0 Å². The van der Waals surface area contributed by atoms with Gasteiger partial charge in [-0.25, -0.2) is 0 Å². The van der Waals surface area contributed by atoms with Crippen LogP contribution < -0.4 is 11.3 Å². The number of hydrogen-bond donors (Lipinski definition) is 2. The highest BCUT2D eigenvalue weighted by Crippen LogP contribution is 2.56. The molecule has 1 saturated carbocycles. The third kappa shape index (κ3) is 1.84. The molecule has 0 bridgehead atoms. The van der Waals surface area contributed by atoms with Crippen molar-refractivity contribution in [1.29, 1.82) is 0 Å². The first-order valence-corrected chi connectivity index (χ1v) is 6.43. The third-order valence-corrected chi connectivity index (χ3v) is 3.99. The zero-order chi connectivity index (χ0) is 12.4. The number of hydrazine groups is 1. The Kier molecular flexibility index (Phi) is 2.90. The smallest absolute Gasteiger partial charge is 0.0556 e. The first-order chi connectivity index (χ1) is 8.87. The lowest BCUT2D eigenvalue weighted by Crippen LogP contribution is -2.36. The van der Waals surface area contributed by atoms with Gasteiger partial charge in [0, 0.05) is 5.41 Å². The molecule has 0 radical (unpaired) electrons. The molecular formula is C16H18N2. The lowest BCUT2D eigenvalue weighted by Gasteiger charge is -2.27. The van der Waals surface area contributed by atoms with Crippen LogP contribution in [0.3, 0.4) is 0 Å². The summed E-state index contributed by atoms with van der Waals surface area (Å²) < 4.78 is 0. The molecule has 2 aromatic rings. The van der Waals surface area contributed by atoms with Crippen molar-refractivity contribution >= 4 is 0 Å². The van der Waals surface area contributed by atoms with E-state index < -0.39 is 0 Å². The third-order valence-electron chi connectivity index (χ3n) is 3.99. The van der Waals surface area contributed by atoms with Gasteiger partial charge in [0.2, 0.25) is 0 Å². The van der Waals surface area contributed by atoms with Crippen molar-refractivity contribution in [2.45, 2.75) is 24.3 Å². The van der Waals surface area contributed by atoms with Gasteiger partial charge in [0.25, 0.3) is 0 Å². The van der Waals surface area contributed by atoms with Gasteiger partial charge in [-0.3, -0.25) is 11.3 Å². The summed E-state index contributed by atoms with van der Waals surface area (Å²) in [6.45, 7) is 0. The Bertz CT molecular complexity index is 503. The summed E-state index contributed by atoms with van der Waals surface area (Å²) in [6, 6.07) is 21.4. The van der Waals surface area contributed by atoms with Gasteiger partial charge in [-0.15, -0.1) is 0 Å². The van der Waals surface area contributed by atoms with Crippen LogP contribution in [-0.2, 0) is 5.41 Å². The van der Waals surface area contributed by atoms with Gasteiger partial charge in [0.15, 0.2) is 0 Å². The minimum Gasteiger partial charge on any atom is -0.271 e. The average molecular weight is 238 g/mol. The quantitative estimate of drug-likeness (QED) is 0.635. The number of benzene rings is 2. The normalized spacial score (nSPS) is 18.3. The van der Waals surface area contributed by atoms with Crippen LogP contribution in [0.15, 0.2) is 60.7 Å². The van der Waals surface area contributed by atoms with E-state index >= 15 is 0 Å². The predicted octanol–water partition coefficient (Wildman–Crippen LogP) is 2.92. The summed E-state index contributed by atoms with van der Waals surface area (Å²) in [5.74, 6) is 5.82. The summed E-state index contributed by atoms with van der Waals surface area (Å²) in [7, 11) is 0. The van der Waals surface area contributed by atoms with Gasteiger partial charge >= 0.3 is 0 Å². The SMILES string of the molecule is NNC(c1ccccc1)C1(c2ccccc2)CC1. The van der Waals surface area contributed by atoms with Crippen LogP contribution in [0.1, 0.15) is 30.0 Å². The minimum absolute atomic E-state index is 0.178. The molecule has 1 aliphatic rings. The summed E-state index contributed by atoms with van der Waals surface area (Å²) >= 11 is 0. The maximum absolute atomic E-state index is 5.82. The van der Waals surface area contributed by atoms with Crippen LogP contribution in [0.25, 0.3) is 0 Å². The molecule has 1 fully saturated rings. The standard InChI is InChI=1S/C16H18N2/c17-18-15(13-7-3-1-4-8-13)16(11-12-16)14-9-5-2-6-10-14/h1-10,15,18H,11-12,17H2. The predicted molar refractivity (Wildman–Crippen MR) is 73.9 cm³/mol. The first-order valence-electron chi connectivity index (χ1n) is 6.43. The monoisotopic (exact) mass is 238 g/mol. The second-order valence-corrected chi connectivity index (χ2v) is 5.03. The topological polar surface area (TPSA) is 38.0 Å². The van der Waals surface area contributed by atoms with E-state index in [2.05, 4.69) is 60.0 Å². The lowest BCUT2D eigenvalue weighted by atomic mass is 9.84. The Morgan fingerprint density at radius 2 is 1.44 bits per heavy atom. The molecule has 1 unspecified atom stereocenters. The number of hydrogen-bond acceptors (Lipinski definition) is 2. The molecule has 1 aliphatic carbocycles. The molecule has 3 rings (SSSR count). The molecule has 1 atom stereocenters. The van der Waals surface area contributed by atoms with Crippen LogP contribution in [0.2, 0.25) is 0 Å². The van der Waals surface area contributed by atoms with Crippen molar-refractivity contribution in [3.05, 3.63) is 71.8 Å². The Balaban J connectivity index is 1.98. The Morgan fingerprint density at radius 1 is 0.889 bits per heavy atom. The van der Waals surface area contributed by atoms with Gasteiger partial charge in [0.1, 0.15) is 0 Å². The Labute approximate surface area is 108 Å². The summed E-state index contributed by atoms with van der Waals surface area (Å²) in [5.41, 5.74) is 5.85. The first kappa shape index (κ1) is 11.5. The molecule has 0 amide bonds. The fourth-order valence-electron chi connectivity index (χ4n) is 2.87. The Morgan fingerprint density at radius 3 is 1.94 bits per heavy atom. The fraction of sp³-hybridized carbons (Fsp3) is 0.250. The van der Waals surface area contributed by atoms with E-state index in [0.717, 1.165) is 0 Å². The van der Waals surface area contributed by atoms with Gasteiger partial charge in [-0.1, -0.05) is 60.7 Å². The molecular weight excluding hydrogens is 220 g/mol. The summed E-state index contributed by atoms with van der Waals surface area (Å²) in [5, 5.41) is 0. The van der Waals surface area contributed by atoms with Crippen molar-refractivity contribution < 1.29 is 0 Å². The highest BCUT2D eigenvalue weighted by atomic mass is 15.2. The molecule has 92 valence electrons. The van der Waals surface area contributed by atoms with Crippen LogP contribution in [0, 0.1) is 0 Å². The van der Waals surface area contributed by atoms with E-state index in [4.69, 9.17) is 5.84 Å². The molecule has 2 aromatic carbocycles. The van der Waals surface area contributed by atoms with Gasteiger partial charge in [0.05, 0.1) is 6.04 Å². The molecule has 0 heterocycles. The fourth-order valence-corrected chi connectivity index (χ4v) is 2.87. The van der Waals surface area contributed by atoms with Crippen molar-refractivity contribution in [3.63, 3.8) is 0 Å². The number of nitrogens with one attached hydrogen (secondary N) is 1. The second kappa shape index (κ2) is 4.56. The van der Waals surface area contributed by atoms with Gasteiger partial charge < -0.3 is 0 Å². The van der Waals surface area contributed by atoms with Crippen LogP contribution in [0.4, 0.5) is 0 Å². The average Bonchev–Trinajstić information content (AvgIpc) is 3.24. The van der Waals surface area contributed by atoms with Gasteiger partial charge in [-0.05, 0) is 24.0 Å². The zero-order valence-corrected chi connectivity index (χ0v) is 10.3. The molecule has 0 saturated heterocycles. The second-order valence-electron chi connectivity index (χ2n) is 5.03. The summed E-state index contributed by atoms with van der Waals surface area (Å²) in [4.78, 5) is 0. The minimum atomic E-state index is 0.178. The van der Waals surface area contributed by atoms with E-state index in [1.807, 2.05) is 6.07 Å².